The molecule has 0 fully saturated rings. The van der Waals surface area contributed by atoms with Crippen LogP contribution in [0.15, 0.2) is 18.2 Å². The number of anilines is 1. The third kappa shape index (κ3) is 3.44. The number of carboxylic acids is 1. The highest BCUT2D eigenvalue weighted by Gasteiger charge is 2.18. The van der Waals surface area contributed by atoms with Crippen LogP contribution < -0.4 is 5.32 Å². The van der Waals surface area contributed by atoms with Gasteiger partial charge in [-0.3, -0.25) is 14.9 Å². The lowest BCUT2D eigenvalue weighted by molar-refractivity contribution is -0.384. The van der Waals surface area contributed by atoms with Crippen LogP contribution >= 0.6 is 0 Å². The number of nitro benzene ring substituents is 1. The van der Waals surface area contributed by atoms with Crippen LogP contribution in [0.5, 0.6) is 0 Å². The quantitative estimate of drug-likeness (QED) is 0.599. The van der Waals surface area contributed by atoms with Crippen molar-refractivity contribution in [2.75, 3.05) is 11.9 Å². The number of benzene rings is 1. The summed E-state index contributed by atoms with van der Waals surface area (Å²) in [5, 5.41) is 22.6. The number of nitro groups is 1. The van der Waals surface area contributed by atoms with E-state index in [2.05, 4.69) is 5.32 Å². The molecule has 0 bridgehead atoms. The van der Waals surface area contributed by atoms with Gasteiger partial charge >= 0.3 is 5.97 Å². The fourth-order valence-corrected chi connectivity index (χ4v) is 1.59. The van der Waals surface area contributed by atoms with Crippen molar-refractivity contribution in [2.45, 2.75) is 20.3 Å². The Morgan fingerprint density at radius 2 is 2.22 bits per heavy atom. The number of aliphatic carboxylic acids is 1. The van der Waals surface area contributed by atoms with Gasteiger partial charge in [-0.1, -0.05) is 13.0 Å². The summed E-state index contributed by atoms with van der Waals surface area (Å²) in [5.41, 5.74) is 1.20. The molecular formula is C12H16N2O4. The van der Waals surface area contributed by atoms with Crippen LogP contribution in [0.3, 0.4) is 0 Å². The molecule has 0 radical (unpaired) electrons. The Balaban J connectivity index is 2.86. The normalized spacial score (nSPS) is 11.9. The van der Waals surface area contributed by atoms with Crippen molar-refractivity contribution >= 4 is 17.3 Å². The molecule has 2 N–H and O–H groups in total. The van der Waals surface area contributed by atoms with Crippen LogP contribution in [-0.4, -0.2) is 22.5 Å². The maximum atomic E-state index is 10.9. The summed E-state index contributed by atoms with van der Waals surface area (Å²) in [5.74, 6) is -1.45. The van der Waals surface area contributed by atoms with Crippen molar-refractivity contribution in [3.05, 3.63) is 33.9 Å². The van der Waals surface area contributed by atoms with Crippen molar-refractivity contribution in [3.8, 4) is 0 Å². The molecule has 0 aliphatic rings. The van der Waals surface area contributed by atoms with Gasteiger partial charge < -0.3 is 10.4 Å². The number of carboxylic acid groups (broad SMARTS) is 1. The second kappa shape index (κ2) is 6.00. The molecule has 0 spiro atoms. The zero-order valence-electron chi connectivity index (χ0n) is 10.3. The molecule has 0 saturated carbocycles. The van der Waals surface area contributed by atoms with Gasteiger partial charge in [0.1, 0.15) is 5.69 Å². The summed E-state index contributed by atoms with van der Waals surface area (Å²) in [4.78, 5) is 21.2. The van der Waals surface area contributed by atoms with E-state index in [1.54, 1.807) is 19.1 Å². The van der Waals surface area contributed by atoms with Crippen molar-refractivity contribution in [3.63, 3.8) is 0 Å². The average Bonchev–Trinajstić information content (AvgIpc) is 2.29. The molecule has 1 aromatic rings. The Morgan fingerprint density at radius 1 is 1.56 bits per heavy atom. The predicted octanol–water partition coefficient (Wildman–Crippen LogP) is 2.43. The molecule has 1 rings (SSSR count). The molecule has 6 heteroatoms. The van der Waals surface area contributed by atoms with Crippen LogP contribution in [-0.2, 0) is 4.79 Å². The molecular weight excluding hydrogens is 236 g/mol. The number of carbonyl (C=O) groups is 1. The van der Waals surface area contributed by atoms with Crippen LogP contribution in [0.4, 0.5) is 11.4 Å². The van der Waals surface area contributed by atoms with E-state index in [0.717, 1.165) is 5.56 Å². The zero-order chi connectivity index (χ0) is 13.7. The van der Waals surface area contributed by atoms with Gasteiger partial charge in [0.15, 0.2) is 0 Å². The van der Waals surface area contributed by atoms with Gasteiger partial charge in [0.2, 0.25) is 0 Å². The summed E-state index contributed by atoms with van der Waals surface area (Å²) >= 11 is 0. The van der Waals surface area contributed by atoms with E-state index in [-0.39, 0.29) is 12.2 Å². The first-order chi connectivity index (χ1) is 8.45. The summed E-state index contributed by atoms with van der Waals surface area (Å²) < 4.78 is 0. The lowest BCUT2D eigenvalue weighted by Gasteiger charge is -2.12. The molecule has 0 aliphatic heterocycles. The number of nitrogens with one attached hydrogen (secondary N) is 1. The van der Waals surface area contributed by atoms with Crippen molar-refractivity contribution in [2.24, 2.45) is 5.92 Å². The Morgan fingerprint density at radius 3 is 2.72 bits per heavy atom. The Labute approximate surface area is 105 Å². The summed E-state index contributed by atoms with van der Waals surface area (Å²) in [6, 6.07) is 4.71. The summed E-state index contributed by atoms with van der Waals surface area (Å²) in [6.45, 7) is 3.77. The van der Waals surface area contributed by atoms with E-state index in [0.29, 0.717) is 12.1 Å². The molecule has 6 nitrogen and oxygen atoms in total. The maximum absolute atomic E-state index is 10.9. The van der Waals surface area contributed by atoms with Crippen LogP contribution in [0.2, 0.25) is 0 Å². The van der Waals surface area contributed by atoms with Crippen LogP contribution in [0.1, 0.15) is 18.9 Å². The second-order valence-electron chi connectivity index (χ2n) is 4.10. The number of rotatable bonds is 6. The van der Waals surface area contributed by atoms with E-state index in [1.807, 2.05) is 6.92 Å². The van der Waals surface area contributed by atoms with Crippen molar-refractivity contribution in [1.82, 2.24) is 0 Å². The van der Waals surface area contributed by atoms with E-state index < -0.39 is 16.8 Å². The molecule has 1 aromatic carbocycles. The Hall–Kier alpha value is -2.11. The minimum absolute atomic E-state index is 0.0409. The molecule has 1 atom stereocenters. The Kier molecular flexibility index (Phi) is 4.65. The fourth-order valence-electron chi connectivity index (χ4n) is 1.59. The first-order valence-electron chi connectivity index (χ1n) is 5.67. The number of nitrogens with zero attached hydrogens (tertiary/aromatic N) is 1. The first-order valence-corrected chi connectivity index (χ1v) is 5.67. The van der Waals surface area contributed by atoms with Gasteiger partial charge in [0.05, 0.1) is 10.8 Å². The molecule has 0 aromatic heterocycles. The van der Waals surface area contributed by atoms with E-state index in [1.165, 1.54) is 6.07 Å². The van der Waals surface area contributed by atoms with Crippen LogP contribution in [0.25, 0.3) is 0 Å². The SMILES string of the molecule is CCC(CNc1cc(C)ccc1[N+](=O)[O-])C(=O)O. The van der Waals surface area contributed by atoms with Gasteiger partial charge in [-0.15, -0.1) is 0 Å². The fraction of sp³-hybridized carbons (Fsp3) is 0.417. The second-order valence-corrected chi connectivity index (χ2v) is 4.10. The topological polar surface area (TPSA) is 92.5 Å². The highest BCUT2D eigenvalue weighted by Crippen LogP contribution is 2.25. The molecule has 0 amide bonds. The lowest BCUT2D eigenvalue weighted by Crippen LogP contribution is -2.22. The van der Waals surface area contributed by atoms with E-state index in [9.17, 15) is 14.9 Å². The van der Waals surface area contributed by atoms with Gasteiger partial charge in [-0.25, -0.2) is 0 Å². The van der Waals surface area contributed by atoms with Crippen molar-refractivity contribution in [1.29, 1.82) is 0 Å². The minimum atomic E-state index is -0.902. The largest absolute Gasteiger partial charge is 0.481 e. The van der Waals surface area contributed by atoms with Gasteiger partial charge in [0, 0.05) is 12.6 Å². The van der Waals surface area contributed by atoms with Crippen LogP contribution in [0, 0.1) is 23.0 Å². The summed E-state index contributed by atoms with van der Waals surface area (Å²) in [7, 11) is 0. The molecule has 0 aliphatic carbocycles. The lowest BCUT2D eigenvalue weighted by atomic mass is 10.1. The number of hydrogen-bond acceptors (Lipinski definition) is 4. The summed E-state index contributed by atoms with van der Waals surface area (Å²) in [6.07, 6.45) is 0.474. The third-order valence-electron chi connectivity index (χ3n) is 2.73. The zero-order valence-corrected chi connectivity index (χ0v) is 10.3. The van der Waals surface area contributed by atoms with Gasteiger partial charge in [0.25, 0.3) is 5.69 Å². The highest BCUT2D eigenvalue weighted by molar-refractivity contribution is 5.71. The maximum Gasteiger partial charge on any atom is 0.308 e. The Bertz CT molecular complexity index is 459. The standard InChI is InChI=1S/C12H16N2O4/c1-3-9(12(15)16)7-13-10-6-8(2)4-5-11(10)14(17)18/h4-6,9,13H,3,7H2,1-2H3,(H,15,16). The number of hydrogen-bond donors (Lipinski definition) is 2. The molecule has 1 unspecified atom stereocenters. The molecule has 98 valence electrons. The predicted molar refractivity (Wildman–Crippen MR) is 67.7 cm³/mol. The van der Waals surface area contributed by atoms with E-state index in [4.69, 9.17) is 5.11 Å². The van der Waals surface area contributed by atoms with Gasteiger partial charge in [-0.2, -0.15) is 0 Å². The van der Waals surface area contributed by atoms with E-state index >= 15 is 0 Å². The van der Waals surface area contributed by atoms with Gasteiger partial charge in [-0.05, 0) is 25.0 Å². The first kappa shape index (κ1) is 14.0. The minimum Gasteiger partial charge on any atom is -0.481 e. The third-order valence-corrected chi connectivity index (χ3v) is 2.73. The highest BCUT2D eigenvalue weighted by atomic mass is 16.6. The molecule has 0 heterocycles. The number of aryl methyl sites for hydroxylation is 1. The smallest absolute Gasteiger partial charge is 0.308 e. The average molecular weight is 252 g/mol. The van der Waals surface area contributed by atoms with Crippen molar-refractivity contribution < 1.29 is 14.8 Å². The molecule has 18 heavy (non-hydrogen) atoms. The molecule has 0 saturated heterocycles. The monoisotopic (exact) mass is 252 g/mol.